The van der Waals surface area contributed by atoms with Gasteiger partial charge in [-0.05, 0) is 32.0 Å². The zero-order valence-corrected chi connectivity index (χ0v) is 12.6. The van der Waals surface area contributed by atoms with Crippen molar-refractivity contribution in [2.75, 3.05) is 6.61 Å². The third-order valence-electron chi connectivity index (χ3n) is 3.05. The number of aromatic nitrogens is 1. The van der Waals surface area contributed by atoms with Crippen molar-refractivity contribution in [2.24, 2.45) is 0 Å². The van der Waals surface area contributed by atoms with Crippen LogP contribution in [0.2, 0.25) is 0 Å². The molecular formula is C18H17NO3. The first-order valence-corrected chi connectivity index (χ1v) is 7.04. The maximum absolute atomic E-state index is 12.1. The lowest BCUT2D eigenvalue weighted by molar-refractivity contribution is -0.143. The zero-order valence-electron chi connectivity index (χ0n) is 12.6. The van der Waals surface area contributed by atoms with E-state index in [1.165, 1.54) is 10.6 Å². The van der Waals surface area contributed by atoms with E-state index < -0.39 is 5.97 Å². The smallest absolute Gasteiger partial charge is 0.326 e. The van der Waals surface area contributed by atoms with Crippen LogP contribution in [0.4, 0.5) is 0 Å². The molecule has 0 N–H and O–H groups in total. The first kappa shape index (κ1) is 15.6. The molecule has 0 aliphatic carbocycles. The number of hydrogen-bond acceptors (Lipinski definition) is 3. The number of hydrogen-bond donors (Lipinski definition) is 0. The van der Waals surface area contributed by atoms with Crippen molar-refractivity contribution in [1.82, 2.24) is 4.57 Å². The summed E-state index contributed by atoms with van der Waals surface area (Å²) in [6.45, 7) is 3.72. The summed E-state index contributed by atoms with van der Waals surface area (Å²) < 4.78 is 6.25. The Morgan fingerprint density at radius 3 is 2.45 bits per heavy atom. The van der Waals surface area contributed by atoms with Crippen molar-refractivity contribution < 1.29 is 9.53 Å². The molecule has 0 saturated heterocycles. The highest BCUT2D eigenvalue weighted by Gasteiger charge is 2.08. The summed E-state index contributed by atoms with van der Waals surface area (Å²) in [5.41, 5.74) is 1.94. The van der Waals surface area contributed by atoms with Crippen LogP contribution in [0.1, 0.15) is 23.7 Å². The number of carbonyl (C=O) groups excluding carboxylic acids is 1. The molecule has 2 rings (SSSR count). The van der Waals surface area contributed by atoms with Crippen LogP contribution in [0.5, 0.6) is 0 Å². The molecule has 0 bridgehead atoms. The normalized spacial score (nSPS) is 9.73. The van der Waals surface area contributed by atoms with Gasteiger partial charge in [-0.3, -0.25) is 9.59 Å². The standard InChI is InChI=1S/C18H17NO3/c1-3-22-18(21)13-19-14(2)11-16(12-17(19)20)10-9-15-7-5-4-6-8-15/h4-8,11-12H,3,13H2,1-2H3. The van der Waals surface area contributed by atoms with Crippen LogP contribution in [0.3, 0.4) is 0 Å². The van der Waals surface area contributed by atoms with E-state index in [0.717, 1.165) is 5.56 Å². The summed E-state index contributed by atoms with van der Waals surface area (Å²) in [5.74, 6) is 5.55. The number of aryl methyl sites for hydroxylation is 1. The fraction of sp³-hybridized carbons (Fsp3) is 0.222. The molecule has 0 radical (unpaired) electrons. The van der Waals surface area contributed by atoms with Crippen molar-refractivity contribution >= 4 is 5.97 Å². The van der Waals surface area contributed by atoms with Crippen molar-refractivity contribution in [3.8, 4) is 11.8 Å². The number of pyridine rings is 1. The molecule has 2 aromatic rings. The molecule has 0 unspecified atom stereocenters. The second kappa shape index (κ2) is 7.28. The van der Waals surface area contributed by atoms with Gasteiger partial charge in [-0.25, -0.2) is 0 Å². The lowest BCUT2D eigenvalue weighted by Gasteiger charge is -2.09. The summed E-state index contributed by atoms with van der Waals surface area (Å²) in [6, 6.07) is 12.8. The van der Waals surface area contributed by atoms with E-state index in [9.17, 15) is 9.59 Å². The second-order valence-electron chi connectivity index (χ2n) is 4.73. The summed E-state index contributed by atoms with van der Waals surface area (Å²) >= 11 is 0. The quantitative estimate of drug-likeness (QED) is 0.644. The average Bonchev–Trinajstić information content (AvgIpc) is 2.50. The lowest BCUT2D eigenvalue weighted by Crippen LogP contribution is -2.26. The van der Waals surface area contributed by atoms with E-state index in [2.05, 4.69) is 11.8 Å². The lowest BCUT2D eigenvalue weighted by atomic mass is 10.2. The Kier molecular flexibility index (Phi) is 5.16. The SMILES string of the molecule is CCOC(=O)Cn1c(C)cc(C#Cc2ccccc2)cc1=O. The molecule has 0 fully saturated rings. The fourth-order valence-electron chi connectivity index (χ4n) is 2.01. The van der Waals surface area contributed by atoms with E-state index in [1.54, 1.807) is 19.9 Å². The predicted octanol–water partition coefficient (Wildman–Crippen LogP) is 2.12. The van der Waals surface area contributed by atoms with Gasteiger partial charge in [0.1, 0.15) is 6.54 Å². The topological polar surface area (TPSA) is 48.3 Å². The van der Waals surface area contributed by atoms with Crippen molar-refractivity contribution in [2.45, 2.75) is 20.4 Å². The van der Waals surface area contributed by atoms with E-state index in [-0.39, 0.29) is 12.1 Å². The minimum atomic E-state index is -0.421. The second-order valence-corrected chi connectivity index (χ2v) is 4.73. The van der Waals surface area contributed by atoms with Crippen LogP contribution >= 0.6 is 0 Å². The molecule has 0 aliphatic rings. The summed E-state index contributed by atoms with van der Waals surface area (Å²) in [7, 11) is 0. The zero-order chi connectivity index (χ0) is 15.9. The number of ether oxygens (including phenoxy) is 1. The highest BCUT2D eigenvalue weighted by Crippen LogP contribution is 2.02. The summed E-state index contributed by atoms with van der Waals surface area (Å²) in [6.07, 6.45) is 0. The molecule has 112 valence electrons. The molecule has 22 heavy (non-hydrogen) atoms. The molecule has 4 heteroatoms. The van der Waals surface area contributed by atoms with Gasteiger partial charge in [-0.2, -0.15) is 0 Å². The Balaban J connectivity index is 2.25. The maximum Gasteiger partial charge on any atom is 0.326 e. The molecule has 0 atom stereocenters. The van der Waals surface area contributed by atoms with Gasteiger partial charge in [0.2, 0.25) is 0 Å². The van der Waals surface area contributed by atoms with E-state index in [4.69, 9.17) is 4.74 Å². The summed E-state index contributed by atoms with van der Waals surface area (Å²) in [4.78, 5) is 23.6. The molecule has 4 nitrogen and oxygen atoms in total. The van der Waals surface area contributed by atoms with Gasteiger partial charge in [-0.1, -0.05) is 30.0 Å². The third-order valence-corrected chi connectivity index (χ3v) is 3.05. The van der Waals surface area contributed by atoms with Crippen LogP contribution in [0, 0.1) is 18.8 Å². The Bertz CT molecular complexity index is 779. The van der Waals surface area contributed by atoms with Crippen LogP contribution in [-0.2, 0) is 16.1 Å². The van der Waals surface area contributed by atoms with E-state index in [0.29, 0.717) is 17.9 Å². The predicted molar refractivity (Wildman–Crippen MR) is 84.5 cm³/mol. The maximum atomic E-state index is 12.1. The van der Waals surface area contributed by atoms with Crippen LogP contribution in [0.25, 0.3) is 0 Å². The number of esters is 1. The van der Waals surface area contributed by atoms with Crippen LogP contribution < -0.4 is 5.56 Å². The number of rotatable bonds is 3. The minimum absolute atomic E-state index is 0.0785. The Morgan fingerprint density at radius 1 is 1.14 bits per heavy atom. The van der Waals surface area contributed by atoms with Crippen molar-refractivity contribution in [3.63, 3.8) is 0 Å². The number of carbonyl (C=O) groups is 1. The summed E-state index contributed by atoms with van der Waals surface area (Å²) in [5, 5.41) is 0. The Hall–Kier alpha value is -2.80. The molecule has 1 aromatic carbocycles. The van der Waals surface area contributed by atoms with Crippen molar-refractivity contribution in [3.05, 3.63) is 69.6 Å². The van der Waals surface area contributed by atoms with E-state index in [1.807, 2.05) is 30.3 Å². The first-order chi connectivity index (χ1) is 10.6. The highest BCUT2D eigenvalue weighted by atomic mass is 16.5. The van der Waals surface area contributed by atoms with Gasteiger partial charge in [0.15, 0.2) is 0 Å². The van der Waals surface area contributed by atoms with Gasteiger partial charge >= 0.3 is 5.97 Å². The number of nitrogens with zero attached hydrogens (tertiary/aromatic N) is 1. The number of benzene rings is 1. The fourth-order valence-corrected chi connectivity index (χ4v) is 2.01. The average molecular weight is 295 g/mol. The molecule has 1 aromatic heterocycles. The first-order valence-electron chi connectivity index (χ1n) is 7.04. The van der Waals surface area contributed by atoms with Gasteiger partial charge in [0.05, 0.1) is 6.61 Å². The molecule has 0 spiro atoms. The Labute approximate surface area is 129 Å². The van der Waals surface area contributed by atoms with Gasteiger partial charge in [0, 0.05) is 22.9 Å². The molecule has 0 saturated carbocycles. The highest BCUT2D eigenvalue weighted by molar-refractivity contribution is 5.69. The van der Waals surface area contributed by atoms with Gasteiger partial charge in [0.25, 0.3) is 5.56 Å². The minimum Gasteiger partial charge on any atom is -0.465 e. The molecule has 1 heterocycles. The Morgan fingerprint density at radius 2 is 1.82 bits per heavy atom. The largest absolute Gasteiger partial charge is 0.465 e. The monoisotopic (exact) mass is 295 g/mol. The van der Waals surface area contributed by atoms with Crippen LogP contribution in [0.15, 0.2) is 47.3 Å². The van der Waals surface area contributed by atoms with Crippen molar-refractivity contribution in [1.29, 1.82) is 0 Å². The van der Waals surface area contributed by atoms with Crippen LogP contribution in [-0.4, -0.2) is 17.1 Å². The molecular weight excluding hydrogens is 278 g/mol. The van der Waals surface area contributed by atoms with Gasteiger partial charge < -0.3 is 9.30 Å². The third kappa shape index (κ3) is 4.10. The van der Waals surface area contributed by atoms with E-state index >= 15 is 0 Å². The van der Waals surface area contributed by atoms with Gasteiger partial charge in [-0.15, -0.1) is 0 Å². The molecule has 0 amide bonds. The molecule has 0 aliphatic heterocycles.